The van der Waals surface area contributed by atoms with Crippen LogP contribution in [0.2, 0.25) is 5.15 Å². The Labute approximate surface area is 110 Å². The quantitative estimate of drug-likeness (QED) is 0.607. The highest BCUT2D eigenvalue weighted by Crippen LogP contribution is 2.27. The molecule has 0 amide bonds. The molecule has 0 aliphatic heterocycles. The van der Waals surface area contributed by atoms with E-state index < -0.39 is 0 Å². The first-order valence-electron chi connectivity index (χ1n) is 5.73. The number of pyridine rings is 2. The number of benzene rings is 1. The molecule has 88 valence electrons. The van der Waals surface area contributed by atoms with Crippen LogP contribution in [0.5, 0.6) is 0 Å². The van der Waals surface area contributed by atoms with Crippen molar-refractivity contribution in [3.8, 4) is 11.3 Å². The average Bonchev–Trinajstić information content (AvgIpc) is 2.39. The van der Waals surface area contributed by atoms with Gasteiger partial charge in [0.15, 0.2) is 5.15 Å². The van der Waals surface area contributed by atoms with E-state index >= 15 is 0 Å². The molecule has 0 bridgehead atoms. The monoisotopic (exact) mass is 254 g/mol. The zero-order valence-corrected chi connectivity index (χ0v) is 10.6. The van der Waals surface area contributed by atoms with Crippen LogP contribution < -0.4 is 0 Å². The van der Waals surface area contributed by atoms with Crippen LogP contribution in [0.15, 0.2) is 48.7 Å². The number of aromatic nitrogens is 2. The summed E-state index contributed by atoms with van der Waals surface area (Å²) in [4.78, 5) is 8.68. The first-order valence-corrected chi connectivity index (χ1v) is 6.11. The molecule has 0 N–H and O–H groups in total. The van der Waals surface area contributed by atoms with E-state index in [4.69, 9.17) is 11.6 Å². The van der Waals surface area contributed by atoms with Gasteiger partial charge in [-0.25, -0.2) is 4.98 Å². The number of hydrogen-bond donors (Lipinski definition) is 0. The van der Waals surface area contributed by atoms with Gasteiger partial charge in [-0.15, -0.1) is 0 Å². The molecule has 1 aromatic carbocycles. The fourth-order valence-electron chi connectivity index (χ4n) is 2.04. The summed E-state index contributed by atoms with van der Waals surface area (Å²) in [6, 6.07) is 14.1. The lowest BCUT2D eigenvalue weighted by molar-refractivity contribution is 1.30. The summed E-state index contributed by atoms with van der Waals surface area (Å²) in [7, 11) is 0. The topological polar surface area (TPSA) is 25.8 Å². The second kappa shape index (κ2) is 4.39. The minimum Gasteiger partial charge on any atom is -0.253 e. The van der Waals surface area contributed by atoms with E-state index in [9.17, 15) is 0 Å². The molecule has 2 nitrogen and oxygen atoms in total. The van der Waals surface area contributed by atoms with Gasteiger partial charge in [0.25, 0.3) is 0 Å². The zero-order valence-electron chi connectivity index (χ0n) is 9.89. The fourth-order valence-corrected chi connectivity index (χ4v) is 2.29. The van der Waals surface area contributed by atoms with Gasteiger partial charge in [-0.05, 0) is 24.6 Å². The Morgan fingerprint density at radius 2 is 1.89 bits per heavy atom. The molecular formula is C15H11ClN2. The van der Waals surface area contributed by atoms with Crippen molar-refractivity contribution in [2.45, 2.75) is 6.92 Å². The Balaban J connectivity index is 2.28. The lowest BCUT2D eigenvalue weighted by atomic mass is 10.0. The highest BCUT2D eigenvalue weighted by Gasteiger charge is 2.08. The van der Waals surface area contributed by atoms with Gasteiger partial charge in [-0.2, -0.15) is 0 Å². The van der Waals surface area contributed by atoms with Crippen molar-refractivity contribution in [1.82, 2.24) is 9.97 Å². The molecule has 18 heavy (non-hydrogen) atoms. The normalized spacial score (nSPS) is 10.8. The lowest BCUT2D eigenvalue weighted by Gasteiger charge is -2.07. The van der Waals surface area contributed by atoms with Crippen LogP contribution in [0.1, 0.15) is 5.56 Å². The van der Waals surface area contributed by atoms with E-state index in [1.54, 1.807) is 6.20 Å². The third-order valence-corrected chi connectivity index (χ3v) is 3.23. The van der Waals surface area contributed by atoms with E-state index in [0.717, 1.165) is 22.2 Å². The Bertz CT molecular complexity index is 723. The first kappa shape index (κ1) is 11.2. The number of fused-ring (bicyclic) bond motifs is 1. The molecule has 0 saturated carbocycles. The molecule has 0 unspecified atom stereocenters. The van der Waals surface area contributed by atoms with Crippen molar-refractivity contribution in [3.05, 3.63) is 59.4 Å². The van der Waals surface area contributed by atoms with Gasteiger partial charge in [0.1, 0.15) is 5.52 Å². The number of hydrogen-bond acceptors (Lipinski definition) is 2. The maximum absolute atomic E-state index is 6.19. The van der Waals surface area contributed by atoms with Crippen molar-refractivity contribution in [1.29, 1.82) is 0 Å². The molecule has 0 aliphatic rings. The second-order valence-electron chi connectivity index (χ2n) is 4.19. The van der Waals surface area contributed by atoms with Crippen LogP contribution in [0, 0.1) is 6.92 Å². The van der Waals surface area contributed by atoms with Crippen LogP contribution in [0.3, 0.4) is 0 Å². The van der Waals surface area contributed by atoms with Crippen molar-refractivity contribution in [2.75, 3.05) is 0 Å². The highest BCUT2D eigenvalue weighted by atomic mass is 35.5. The SMILES string of the molecule is Cc1ccccc1-c1cc2cccnc2c(Cl)n1. The van der Waals surface area contributed by atoms with Crippen LogP contribution >= 0.6 is 11.6 Å². The summed E-state index contributed by atoms with van der Waals surface area (Å²) in [6.07, 6.45) is 1.73. The van der Waals surface area contributed by atoms with Gasteiger partial charge in [0.2, 0.25) is 0 Å². The highest BCUT2D eigenvalue weighted by molar-refractivity contribution is 6.33. The van der Waals surface area contributed by atoms with Gasteiger partial charge in [-0.3, -0.25) is 4.98 Å². The molecule has 2 aromatic heterocycles. The first-order chi connectivity index (χ1) is 8.75. The zero-order chi connectivity index (χ0) is 12.5. The predicted octanol–water partition coefficient (Wildman–Crippen LogP) is 4.26. The molecule has 0 atom stereocenters. The Hall–Kier alpha value is -1.93. The van der Waals surface area contributed by atoms with E-state index in [0.29, 0.717) is 5.15 Å². The van der Waals surface area contributed by atoms with Gasteiger partial charge in [-0.1, -0.05) is 41.9 Å². The van der Waals surface area contributed by atoms with E-state index in [2.05, 4.69) is 29.0 Å². The maximum Gasteiger partial charge on any atom is 0.155 e. The molecule has 0 saturated heterocycles. The van der Waals surface area contributed by atoms with E-state index in [1.807, 2.05) is 30.3 Å². The number of rotatable bonds is 1. The molecule has 0 spiro atoms. The Morgan fingerprint density at radius 1 is 1.06 bits per heavy atom. The number of halogens is 1. The number of aryl methyl sites for hydroxylation is 1. The fraction of sp³-hybridized carbons (Fsp3) is 0.0667. The van der Waals surface area contributed by atoms with Crippen molar-refractivity contribution < 1.29 is 0 Å². The standard InChI is InChI=1S/C15H11ClN2/c1-10-5-2-3-7-12(10)13-9-11-6-4-8-17-14(11)15(16)18-13/h2-9H,1H3. The van der Waals surface area contributed by atoms with Crippen LogP contribution in [0.25, 0.3) is 22.2 Å². The smallest absolute Gasteiger partial charge is 0.155 e. The van der Waals surface area contributed by atoms with Gasteiger partial charge < -0.3 is 0 Å². The molecule has 0 aliphatic carbocycles. The Morgan fingerprint density at radius 3 is 2.72 bits per heavy atom. The summed E-state index contributed by atoms with van der Waals surface area (Å²) in [5.74, 6) is 0. The third-order valence-electron chi connectivity index (χ3n) is 2.97. The average molecular weight is 255 g/mol. The lowest BCUT2D eigenvalue weighted by Crippen LogP contribution is -1.90. The van der Waals surface area contributed by atoms with Crippen molar-refractivity contribution >= 4 is 22.5 Å². The van der Waals surface area contributed by atoms with Crippen LogP contribution in [-0.2, 0) is 0 Å². The van der Waals surface area contributed by atoms with Gasteiger partial charge in [0, 0.05) is 17.1 Å². The molecule has 2 heterocycles. The van der Waals surface area contributed by atoms with Gasteiger partial charge in [0.05, 0.1) is 5.69 Å². The van der Waals surface area contributed by atoms with E-state index in [1.165, 1.54) is 5.56 Å². The molecule has 0 radical (unpaired) electrons. The maximum atomic E-state index is 6.19. The van der Waals surface area contributed by atoms with Crippen molar-refractivity contribution in [2.24, 2.45) is 0 Å². The summed E-state index contributed by atoms with van der Waals surface area (Å²) in [6.45, 7) is 2.07. The predicted molar refractivity (Wildman–Crippen MR) is 74.7 cm³/mol. The summed E-state index contributed by atoms with van der Waals surface area (Å²) < 4.78 is 0. The molecule has 3 aromatic rings. The van der Waals surface area contributed by atoms with E-state index in [-0.39, 0.29) is 0 Å². The van der Waals surface area contributed by atoms with Crippen molar-refractivity contribution in [3.63, 3.8) is 0 Å². The number of nitrogens with zero attached hydrogens (tertiary/aromatic N) is 2. The summed E-state index contributed by atoms with van der Waals surface area (Å²) in [5.41, 5.74) is 3.92. The minimum absolute atomic E-state index is 0.450. The molecule has 3 rings (SSSR count). The van der Waals surface area contributed by atoms with Crippen LogP contribution in [-0.4, -0.2) is 9.97 Å². The van der Waals surface area contributed by atoms with Gasteiger partial charge >= 0.3 is 0 Å². The molecule has 0 fully saturated rings. The minimum atomic E-state index is 0.450. The van der Waals surface area contributed by atoms with Crippen LogP contribution in [0.4, 0.5) is 0 Å². The largest absolute Gasteiger partial charge is 0.253 e. The molecule has 3 heteroatoms. The molecular weight excluding hydrogens is 244 g/mol. The summed E-state index contributed by atoms with van der Waals surface area (Å²) in [5, 5.41) is 1.46. The third kappa shape index (κ3) is 1.85. The second-order valence-corrected chi connectivity index (χ2v) is 4.55. The Kier molecular flexibility index (Phi) is 2.73. The summed E-state index contributed by atoms with van der Waals surface area (Å²) >= 11 is 6.19.